The van der Waals surface area contributed by atoms with Gasteiger partial charge in [-0.2, -0.15) is 0 Å². The lowest BCUT2D eigenvalue weighted by Gasteiger charge is -2.20. The molecule has 5 nitrogen and oxygen atoms in total. The van der Waals surface area contributed by atoms with E-state index in [1.807, 2.05) is 26.0 Å². The highest BCUT2D eigenvalue weighted by molar-refractivity contribution is 6.04. The Labute approximate surface area is 117 Å². The summed E-state index contributed by atoms with van der Waals surface area (Å²) in [6, 6.07) is 5.49. The topological polar surface area (TPSA) is 59.2 Å². The Kier molecular flexibility index (Phi) is 3.26. The molecule has 0 spiro atoms. The molecular weight excluding hydrogens is 254 g/mol. The lowest BCUT2D eigenvalue weighted by molar-refractivity contribution is 0.0952. The zero-order valence-corrected chi connectivity index (χ0v) is 11.7. The zero-order valence-electron chi connectivity index (χ0n) is 11.7. The normalized spacial score (nSPS) is 14.3. The minimum absolute atomic E-state index is 0.164. The van der Waals surface area contributed by atoms with Crippen molar-refractivity contribution in [3.63, 3.8) is 0 Å². The summed E-state index contributed by atoms with van der Waals surface area (Å²) in [4.78, 5) is 18.4. The monoisotopic (exact) mass is 271 g/mol. The van der Waals surface area contributed by atoms with E-state index < -0.39 is 0 Å². The van der Waals surface area contributed by atoms with Gasteiger partial charge in [-0.25, -0.2) is 0 Å². The third-order valence-electron chi connectivity index (χ3n) is 3.57. The van der Waals surface area contributed by atoms with Gasteiger partial charge in [0.05, 0.1) is 17.1 Å². The van der Waals surface area contributed by atoms with Gasteiger partial charge in [0.1, 0.15) is 0 Å². The van der Waals surface area contributed by atoms with E-state index in [4.69, 9.17) is 4.52 Å². The first-order valence-electron chi connectivity index (χ1n) is 6.90. The number of aromatic nitrogens is 2. The molecule has 104 valence electrons. The van der Waals surface area contributed by atoms with Crippen LogP contribution in [0, 0.1) is 6.92 Å². The minimum atomic E-state index is -0.164. The second kappa shape index (κ2) is 5.07. The summed E-state index contributed by atoms with van der Waals surface area (Å²) >= 11 is 0. The standard InChI is InChI=1S/C15H17N3O2/c1-3-18(13-5-4-8-16-10(13)2)15(19)14-9-12(17-20-14)11-6-7-11/h4-5,8-9,11H,3,6-7H2,1-2H3. The summed E-state index contributed by atoms with van der Waals surface area (Å²) in [6.45, 7) is 4.38. The predicted molar refractivity (Wildman–Crippen MR) is 74.8 cm³/mol. The number of anilines is 1. The molecule has 1 fully saturated rings. The van der Waals surface area contributed by atoms with Gasteiger partial charge in [-0.05, 0) is 38.8 Å². The van der Waals surface area contributed by atoms with Crippen LogP contribution < -0.4 is 4.90 Å². The molecule has 0 aliphatic heterocycles. The molecule has 1 aliphatic rings. The second-order valence-electron chi connectivity index (χ2n) is 5.05. The molecule has 0 bridgehead atoms. The van der Waals surface area contributed by atoms with Crippen LogP contribution in [0.5, 0.6) is 0 Å². The van der Waals surface area contributed by atoms with Gasteiger partial charge in [0.25, 0.3) is 5.91 Å². The summed E-state index contributed by atoms with van der Waals surface area (Å²) in [7, 11) is 0. The largest absolute Gasteiger partial charge is 0.351 e. The van der Waals surface area contributed by atoms with Gasteiger partial charge in [0, 0.05) is 24.7 Å². The summed E-state index contributed by atoms with van der Waals surface area (Å²) in [5.74, 6) is 0.621. The number of hydrogen-bond acceptors (Lipinski definition) is 4. The van der Waals surface area contributed by atoms with E-state index in [1.165, 1.54) is 0 Å². The fourth-order valence-electron chi connectivity index (χ4n) is 2.28. The Bertz CT molecular complexity index is 632. The van der Waals surface area contributed by atoms with Crippen LogP contribution in [0.25, 0.3) is 0 Å². The highest BCUT2D eigenvalue weighted by atomic mass is 16.5. The molecule has 2 heterocycles. The fourth-order valence-corrected chi connectivity index (χ4v) is 2.28. The molecule has 1 saturated carbocycles. The number of carbonyl (C=O) groups excluding carboxylic acids is 1. The molecule has 0 N–H and O–H groups in total. The van der Waals surface area contributed by atoms with Gasteiger partial charge in [0.2, 0.25) is 5.76 Å². The number of nitrogens with zero attached hydrogens (tertiary/aromatic N) is 3. The Morgan fingerprint density at radius 3 is 2.95 bits per heavy atom. The maximum absolute atomic E-state index is 12.5. The van der Waals surface area contributed by atoms with E-state index in [-0.39, 0.29) is 5.91 Å². The van der Waals surface area contributed by atoms with Crippen molar-refractivity contribution < 1.29 is 9.32 Å². The molecule has 0 radical (unpaired) electrons. The van der Waals surface area contributed by atoms with Crippen LogP contribution in [-0.4, -0.2) is 22.6 Å². The third kappa shape index (κ3) is 2.31. The molecular formula is C15H17N3O2. The Hall–Kier alpha value is -2.17. The Morgan fingerprint density at radius 1 is 1.50 bits per heavy atom. The highest BCUT2D eigenvalue weighted by Crippen LogP contribution is 2.39. The highest BCUT2D eigenvalue weighted by Gasteiger charge is 2.29. The summed E-state index contributed by atoms with van der Waals surface area (Å²) in [5, 5.41) is 3.99. The van der Waals surface area contributed by atoms with Crippen LogP contribution in [0.3, 0.4) is 0 Å². The van der Waals surface area contributed by atoms with Crippen molar-refractivity contribution in [3.8, 4) is 0 Å². The van der Waals surface area contributed by atoms with Crippen molar-refractivity contribution in [1.29, 1.82) is 0 Å². The fraction of sp³-hybridized carbons (Fsp3) is 0.400. The van der Waals surface area contributed by atoms with Crippen LogP contribution in [0.15, 0.2) is 28.9 Å². The van der Waals surface area contributed by atoms with Crippen molar-refractivity contribution >= 4 is 11.6 Å². The van der Waals surface area contributed by atoms with Crippen LogP contribution >= 0.6 is 0 Å². The van der Waals surface area contributed by atoms with Crippen molar-refractivity contribution in [2.45, 2.75) is 32.6 Å². The first-order valence-corrected chi connectivity index (χ1v) is 6.90. The maximum Gasteiger partial charge on any atom is 0.296 e. The first-order chi connectivity index (χ1) is 9.70. The van der Waals surface area contributed by atoms with E-state index in [0.717, 1.165) is 29.9 Å². The number of rotatable bonds is 4. The average Bonchev–Trinajstić information content (AvgIpc) is 3.19. The summed E-state index contributed by atoms with van der Waals surface area (Å²) in [6.07, 6.45) is 4.00. The Balaban J connectivity index is 1.88. The number of pyridine rings is 1. The van der Waals surface area contributed by atoms with Crippen LogP contribution in [0.4, 0.5) is 5.69 Å². The summed E-state index contributed by atoms with van der Waals surface area (Å²) < 4.78 is 5.21. The van der Waals surface area contributed by atoms with Gasteiger partial charge in [-0.3, -0.25) is 9.78 Å². The van der Waals surface area contributed by atoms with Crippen LogP contribution in [0.1, 0.15) is 47.6 Å². The predicted octanol–water partition coefficient (Wildman–Crippen LogP) is 2.92. The van der Waals surface area contributed by atoms with Crippen molar-refractivity contribution in [3.05, 3.63) is 41.5 Å². The van der Waals surface area contributed by atoms with Crippen molar-refractivity contribution in [2.24, 2.45) is 0 Å². The van der Waals surface area contributed by atoms with Gasteiger partial charge >= 0.3 is 0 Å². The number of amides is 1. The maximum atomic E-state index is 12.5. The molecule has 0 saturated heterocycles. The van der Waals surface area contributed by atoms with Gasteiger partial charge in [0.15, 0.2) is 0 Å². The SMILES string of the molecule is CCN(C(=O)c1cc(C2CC2)no1)c1cccnc1C. The average molecular weight is 271 g/mol. The number of hydrogen-bond donors (Lipinski definition) is 0. The zero-order chi connectivity index (χ0) is 14.1. The van der Waals surface area contributed by atoms with E-state index in [2.05, 4.69) is 10.1 Å². The minimum Gasteiger partial charge on any atom is -0.351 e. The second-order valence-corrected chi connectivity index (χ2v) is 5.05. The Morgan fingerprint density at radius 2 is 2.30 bits per heavy atom. The van der Waals surface area contributed by atoms with Crippen molar-refractivity contribution in [2.75, 3.05) is 11.4 Å². The van der Waals surface area contributed by atoms with E-state index >= 15 is 0 Å². The quantitative estimate of drug-likeness (QED) is 0.857. The summed E-state index contributed by atoms with van der Waals surface area (Å²) in [5.41, 5.74) is 2.53. The van der Waals surface area contributed by atoms with E-state index in [9.17, 15) is 4.79 Å². The number of aryl methyl sites for hydroxylation is 1. The molecule has 5 heteroatoms. The molecule has 3 rings (SSSR count). The molecule has 2 aromatic rings. The third-order valence-corrected chi connectivity index (χ3v) is 3.57. The molecule has 0 atom stereocenters. The number of carbonyl (C=O) groups is 1. The lowest BCUT2D eigenvalue weighted by Crippen LogP contribution is -2.31. The van der Waals surface area contributed by atoms with E-state index in [0.29, 0.717) is 18.2 Å². The molecule has 1 amide bonds. The smallest absolute Gasteiger partial charge is 0.296 e. The first kappa shape index (κ1) is 12.8. The van der Waals surface area contributed by atoms with Gasteiger partial charge in [-0.1, -0.05) is 5.16 Å². The van der Waals surface area contributed by atoms with Crippen LogP contribution in [-0.2, 0) is 0 Å². The molecule has 1 aliphatic carbocycles. The molecule has 0 unspecified atom stereocenters. The molecule has 20 heavy (non-hydrogen) atoms. The van der Waals surface area contributed by atoms with E-state index in [1.54, 1.807) is 17.2 Å². The lowest BCUT2D eigenvalue weighted by atomic mass is 10.2. The van der Waals surface area contributed by atoms with Gasteiger partial charge in [-0.15, -0.1) is 0 Å². The van der Waals surface area contributed by atoms with Crippen LogP contribution in [0.2, 0.25) is 0 Å². The molecule has 0 aromatic carbocycles. The molecule has 2 aromatic heterocycles. The van der Waals surface area contributed by atoms with Crippen molar-refractivity contribution in [1.82, 2.24) is 10.1 Å². The van der Waals surface area contributed by atoms with Gasteiger partial charge < -0.3 is 9.42 Å².